The van der Waals surface area contributed by atoms with Gasteiger partial charge in [-0.05, 0) is 43.1 Å². The Morgan fingerprint density at radius 2 is 1.66 bits per heavy atom. The van der Waals surface area contributed by atoms with Crippen molar-refractivity contribution in [2.45, 2.75) is 44.3 Å². The summed E-state index contributed by atoms with van der Waals surface area (Å²) in [5.74, 6) is -0.341. The first-order valence-corrected chi connectivity index (χ1v) is 12.0. The van der Waals surface area contributed by atoms with Crippen molar-refractivity contribution < 1.29 is 22.8 Å². The number of rotatable bonds is 10. The minimum atomic E-state index is -4.40. The molecule has 0 spiro atoms. The Balaban J connectivity index is 1.62. The molecular formula is C26H33F3N4O2. The van der Waals surface area contributed by atoms with Crippen LogP contribution in [-0.2, 0) is 22.2 Å². The number of hydrogen-bond donors (Lipinski definition) is 2. The molecule has 2 aromatic rings. The number of piperazine rings is 1. The third kappa shape index (κ3) is 7.99. The van der Waals surface area contributed by atoms with E-state index >= 15 is 0 Å². The van der Waals surface area contributed by atoms with E-state index in [4.69, 9.17) is 5.73 Å². The van der Waals surface area contributed by atoms with E-state index in [1.54, 1.807) is 11.0 Å². The summed E-state index contributed by atoms with van der Waals surface area (Å²) >= 11 is 0. The van der Waals surface area contributed by atoms with Crippen LogP contribution in [0.25, 0.3) is 0 Å². The summed E-state index contributed by atoms with van der Waals surface area (Å²) in [5.41, 5.74) is 6.24. The second kappa shape index (κ2) is 12.6. The maximum Gasteiger partial charge on any atom is 0.416 e. The highest BCUT2D eigenvalue weighted by Gasteiger charge is 2.32. The van der Waals surface area contributed by atoms with Gasteiger partial charge in [0.25, 0.3) is 0 Å². The minimum absolute atomic E-state index is 0.168. The lowest BCUT2D eigenvalue weighted by atomic mass is 10.0. The molecule has 3 rings (SSSR count). The quantitative estimate of drug-likeness (QED) is 0.499. The molecule has 1 aliphatic heterocycles. The Labute approximate surface area is 204 Å². The van der Waals surface area contributed by atoms with Crippen LogP contribution in [0.3, 0.4) is 0 Å². The van der Waals surface area contributed by atoms with E-state index in [1.165, 1.54) is 6.07 Å². The Morgan fingerprint density at radius 1 is 0.943 bits per heavy atom. The maximum atomic E-state index is 13.4. The van der Waals surface area contributed by atoms with Gasteiger partial charge in [0.2, 0.25) is 11.8 Å². The predicted molar refractivity (Wildman–Crippen MR) is 130 cm³/mol. The number of benzene rings is 2. The molecular weight excluding hydrogens is 457 g/mol. The first-order valence-electron chi connectivity index (χ1n) is 12.0. The molecule has 1 unspecified atom stereocenters. The van der Waals surface area contributed by atoms with Crippen LogP contribution in [0.2, 0.25) is 0 Å². The molecule has 0 aromatic heterocycles. The molecule has 2 amide bonds. The predicted octanol–water partition coefficient (Wildman–Crippen LogP) is 3.60. The van der Waals surface area contributed by atoms with Gasteiger partial charge in [0.1, 0.15) is 6.04 Å². The number of alkyl halides is 3. The fourth-order valence-corrected chi connectivity index (χ4v) is 4.21. The number of halogens is 3. The van der Waals surface area contributed by atoms with E-state index in [0.29, 0.717) is 57.7 Å². The third-order valence-electron chi connectivity index (χ3n) is 6.15. The van der Waals surface area contributed by atoms with Crippen LogP contribution in [0.5, 0.6) is 0 Å². The highest BCUT2D eigenvalue weighted by Crippen LogP contribution is 2.32. The minimum Gasteiger partial charge on any atom is -0.368 e. The Hall–Kier alpha value is -3.07. The van der Waals surface area contributed by atoms with Gasteiger partial charge in [-0.3, -0.25) is 9.59 Å². The zero-order valence-corrected chi connectivity index (χ0v) is 19.8. The highest BCUT2D eigenvalue weighted by atomic mass is 19.4. The zero-order chi connectivity index (χ0) is 25.3. The normalized spacial score (nSPS) is 15.1. The topological polar surface area (TPSA) is 78.7 Å². The summed E-state index contributed by atoms with van der Waals surface area (Å²) in [7, 11) is 0. The van der Waals surface area contributed by atoms with E-state index in [1.807, 2.05) is 35.2 Å². The van der Waals surface area contributed by atoms with Gasteiger partial charge in [0.05, 0.1) is 5.56 Å². The first kappa shape index (κ1) is 26.5. The van der Waals surface area contributed by atoms with Gasteiger partial charge in [-0.15, -0.1) is 0 Å². The van der Waals surface area contributed by atoms with Crippen molar-refractivity contribution in [2.24, 2.45) is 5.73 Å². The standard InChI is InChI=1S/C26H33F3N4O2/c27-26(28,29)21-10-7-11-22(19-21)32-14-16-33(17-15-32)25(35)23(18-20-8-3-1-4-9-20)31-24(34)12-5-2-6-13-30/h1,3-4,7-11,19,23H,2,5-6,12-18,30H2,(H,31,34). The molecule has 1 fully saturated rings. The van der Waals surface area contributed by atoms with E-state index < -0.39 is 17.8 Å². The van der Waals surface area contributed by atoms with Crippen LogP contribution in [0.15, 0.2) is 54.6 Å². The van der Waals surface area contributed by atoms with Crippen molar-refractivity contribution in [1.82, 2.24) is 10.2 Å². The molecule has 0 radical (unpaired) electrons. The monoisotopic (exact) mass is 490 g/mol. The number of nitrogens with two attached hydrogens (primary N) is 1. The van der Waals surface area contributed by atoms with E-state index in [2.05, 4.69) is 5.32 Å². The van der Waals surface area contributed by atoms with E-state index in [9.17, 15) is 22.8 Å². The van der Waals surface area contributed by atoms with Crippen molar-refractivity contribution >= 4 is 17.5 Å². The van der Waals surface area contributed by atoms with E-state index in [-0.39, 0.29) is 11.8 Å². The van der Waals surface area contributed by atoms with Crippen LogP contribution in [-0.4, -0.2) is 55.5 Å². The van der Waals surface area contributed by atoms with Crippen molar-refractivity contribution in [1.29, 1.82) is 0 Å². The SMILES string of the molecule is NCCCCCC(=O)NC(Cc1ccccc1)C(=O)N1CCN(c2cccc(C(F)(F)F)c2)CC1. The Bertz CT molecular complexity index is 961. The van der Waals surface area contributed by atoms with Crippen LogP contribution in [0.1, 0.15) is 36.8 Å². The van der Waals surface area contributed by atoms with Gasteiger partial charge in [-0.2, -0.15) is 13.2 Å². The molecule has 1 atom stereocenters. The average molecular weight is 491 g/mol. The first-order chi connectivity index (χ1) is 16.8. The van der Waals surface area contributed by atoms with Crippen molar-refractivity contribution in [3.8, 4) is 0 Å². The number of carbonyl (C=O) groups is 2. The summed E-state index contributed by atoms with van der Waals surface area (Å²) in [6, 6.07) is 14.0. The van der Waals surface area contributed by atoms with Crippen molar-refractivity contribution in [3.05, 3.63) is 65.7 Å². The molecule has 9 heteroatoms. The molecule has 1 heterocycles. The van der Waals surface area contributed by atoms with Gasteiger partial charge < -0.3 is 20.9 Å². The molecule has 6 nitrogen and oxygen atoms in total. The number of nitrogens with one attached hydrogen (secondary N) is 1. The Morgan fingerprint density at radius 3 is 2.31 bits per heavy atom. The lowest BCUT2D eigenvalue weighted by molar-refractivity contribution is -0.137. The second-order valence-corrected chi connectivity index (χ2v) is 8.77. The fourth-order valence-electron chi connectivity index (χ4n) is 4.21. The van der Waals surface area contributed by atoms with Crippen molar-refractivity contribution in [2.75, 3.05) is 37.6 Å². The summed E-state index contributed by atoms with van der Waals surface area (Å²) in [6.45, 7) is 2.15. The smallest absolute Gasteiger partial charge is 0.368 e. The molecule has 2 aromatic carbocycles. The van der Waals surface area contributed by atoms with Gasteiger partial charge in [0.15, 0.2) is 0 Å². The molecule has 1 aliphatic rings. The Kier molecular flexibility index (Phi) is 9.54. The fraction of sp³-hybridized carbons (Fsp3) is 0.462. The summed E-state index contributed by atoms with van der Waals surface area (Å²) in [5, 5.41) is 2.91. The maximum absolute atomic E-state index is 13.4. The molecule has 190 valence electrons. The van der Waals surface area contributed by atoms with E-state index in [0.717, 1.165) is 30.5 Å². The number of anilines is 1. The molecule has 0 bridgehead atoms. The summed E-state index contributed by atoms with van der Waals surface area (Å²) in [4.78, 5) is 29.4. The second-order valence-electron chi connectivity index (χ2n) is 8.77. The molecule has 3 N–H and O–H groups in total. The molecule has 1 saturated heterocycles. The van der Waals surface area contributed by atoms with Gasteiger partial charge in [0, 0.05) is 44.7 Å². The zero-order valence-electron chi connectivity index (χ0n) is 19.8. The van der Waals surface area contributed by atoms with Gasteiger partial charge in [-0.25, -0.2) is 0 Å². The van der Waals surface area contributed by atoms with Crippen LogP contribution in [0, 0.1) is 0 Å². The summed E-state index contributed by atoms with van der Waals surface area (Å²) in [6.07, 6.45) is -1.26. The molecule has 0 aliphatic carbocycles. The van der Waals surface area contributed by atoms with Crippen LogP contribution in [0.4, 0.5) is 18.9 Å². The van der Waals surface area contributed by atoms with Crippen LogP contribution < -0.4 is 16.0 Å². The van der Waals surface area contributed by atoms with Gasteiger partial charge >= 0.3 is 6.18 Å². The van der Waals surface area contributed by atoms with Crippen LogP contribution >= 0.6 is 0 Å². The number of unbranched alkanes of at least 4 members (excludes halogenated alkanes) is 2. The van der Waals surface area contributed by atoms with Crippen molar-refractivity contribution in [3.63, 3.8) is 0 Å². The number of carbonyl (C=O) groups excluding carboxylic acids is 2. The molecule has 35 heavy (non-hydrogen) atoms. The van der Waals surface area contributed by atoms with Gasteiger partial charge in [-0.1, -0.05) is 42.8 Å². The third-order valence-corrected chi connectivity index (χ3v) is 6.15. The molecule has 0 saturated carbocycles. The summed E-state index contributed by atoms with van der Waals surface area (Å²) < 4.78 is 39.2. The number of amides is 2. The largest absolute Gasteiger partial charge is 0.416 e. The average Bonchev–Trinajstić information content (AvgIpc) is 2.86. The number of nitrogens with zero attached hydrogens (tertiary/aromatic N) is 2. The number of hydrogen-bond acceptors (Lipinski definition) is 4. The highest BCUT2D eigenvalue weighted by molar-refractivity contribution is 5.88. The lowest BCUT2D eigenvalue weighted by Crippen LogP contribution is -2.55. The lowest BCUT2D eigenvalue weighted by Gasteiger charge is -2.38.